The summed E-state index contributed by atoms with van der Waals surface area (Å²) in [4.78, 5) is 39.0. The third-order valence-corrected chi connectivity index (χ3v) is 8.02. The van der Waals surface area contributed by atoms with Crippen molar-refractivity contribution in [1.29, 1.82) is 0 Å². The summed E-state index contributed by atoms with van der Waals surface area (Å²) in [5, 5.41) is 6.34. The summed E-state index contributed by atoms with van der Waals surface area (Å²) in [6.45, 7) is 4.03. The number of halogens is 1. The van der Waals surface area contributed by atoms with Gasteiger partial charge in [-0.1, -0.05) is 18.2 Å². The van der Waals surface area contributed by atoms with Crippen molar-refractivity contribution < 1.29 is 23.9 Å². The van der Waals surface area contributed by atoms with Gasteiger partial charge in [-0.05, 0) is 91.4 Å². The van der Waals surface area contributed by atoms with Gasteiger partial charge in [0.25, 0.3) is 5.91 Å². The highest BCUT2D eigenvalue weighted by atomic mass is 127. The van der Waals surface area contributed by atoms with Crippen molar-refractivity contribution in [3.8, 4) is 11.5 Å². The Hall–Kier alpha value is -3.14. The molecular formula is C30H31IN2O5. The Bertz CT molecular complexity index is 1330. The number of hydrogen-bond donors (Lipinski definition) is 2. The van der Waals surface area contributed by atoms with Crippen LogP contribution in [0, 0.1) is 10.5 Å². The second-order valence-corrected chi connectivity index (χ2v) is 11.0. The minimum Gasteiger partial charge on any atom is -0.490 e. The lowest BCUT2D eigenvalue weighted by molar-refractivity contribution is -0.118. The van der Waals surface area contributed by atoms with E-state index >= 15 is 0 Å². The molecule has 0 radical (unpaired) electrons. The van der Waals surface area contributed by atoms with Gasteiger partial charge >= 0.3 is 0 Å². The number of hydrogen-bond acceptors (Lipinski definition) is 6. The molecule has 0 saturated carbocycles. The van der Waals surface area contributed by atoms with Gasteiger partial charge in [-0.3, -0.25) is 14.4 Å². The molecule has 5 rings (SSSR count). The van der Waals surface area contributed by atoms with Crippen LogP contribution in [0.4, 0.5) is 5.69 Å². The van der Waals surface area contributed by atoms with Crippen molar-refractivity contribution in [1.82, 2.24) is 5.32 Å². The number of benzene rings is 2. The molecule has 1 amide bonds. The van der Waals surface area contributed by atoms with Gasteiger partial charge in [0, 0.05) is 47.0 Å². The molecule has 0 unspecified atom stereocenters. The maximum Gasteiger partial charge on any atom is 0.262 e. The lowest BCUT2D eigenvalue weighted by atomic mass is 9.71. The van der Waals surface area contributed by atoms with Gasteiger partial charge in [0.15, 0.2) is 29.7 Å². The molecule has 0 bridgehead atoms. The zero-order valence-electron chi connectivity index (χ0n) is 21.6. The Morgan fingerprint density at radius 1 is 1.00 bits per heavy atom. The Balaban J connectivity index is 1.48. The van der Waals surface area contributed by atoms with Gasteiger partial charge in [0.1, 0.15) is 0 Å². The molecule has 0 fully saturated rings. The van der Waals surface area contributed by atoms with Crippen LogP contribution in [0.1, 0.15) is 62.5 Å². The molecule has 2 aliphatic carbocycles. The van der Waals surface area contributed by atoms with Crippen LogP contribution in [0.3, 0.4) is 0 Å². The number of ketones is 2. The van der Waals surface area contributed by atoms with E-state index in [-0.39, 0.29) is 24.1 Å². The van der Waals surface area contributed by atoms with Crippen molar-refractivity contribution >= 4 is 45.8 Å². The fraction of sp³-hybridized carbons (Fsp3) is 0.367. The van der Waals surface area contributed by atoms with Crippen LogP contribution in [-0.2, 0) is 14.4 Å². The summed E-state index contributed by atoms with van der Waals surface area (Å²) in [6, 6.07) is 11.4. The number of dihydropyridines is 1. The molecule has 0 atom stereocenters. The first-order valence-corrected chi connectivity index (χ1v) is 14.2. The van der Waals surface area contributed by atoms with E-state index in [9.17, 15) is 14.4 Å². The number of para-hydroxylation sites is 1. The molecule has 0 aromatic heterocycles. The molecule has 7 nitrogen and oxygen atoms in total. The van der Waals surface area contributed by atoms with Crippen LogP contribution in [0.2, 0.25) is 0 Å². The summed E-state index contributed by atoms with van der Waals surface area (Å²) in [6.07, 6.45) is 4.20. The van der Waals surface area contributed by atoms with E-state index in [0.29, 0.717) is 42.1 Å². The molecule has 8 heteroatoms. The number of aryl methyl sites for hydroxylation is 1. The largest absolute Gasteiger partial charge is 0.490 e. The van der Waals surface area contributed by atoms with E-state index in [2.05, 4.69) is 33.2 Å². The molecule has 1 heterocycles. The van der Waals surface area contributed by atoms with Gasteiger partial charge in [0.05, 0.1) is 10.2 Å². The van der Waals surface area contributed by atoms with Crippen LogP contribution < -0.4 is 20.1 Å². The average molecular weight is 626 g/mol. The van der Waals surface area contributed by atoms with Crippen molar-refractivity contribution in [2.45, 2.75) is 58.3 Å². The van der Waals surface area contributed by atoms with Gasteiger partial charge in [0.2, 0.25) is 0 Å². The smallest absolute Gasteiger partial charge is 0.262 e. The maximum atomic E-state index is 13.2. The normalized spacial score (nSPS) is 17.6. The minimum absolute atomic E-state index is 0.0924. The highest BCUT2D eigenvalue weighted by Gasteiger charge is 2.40. The van der Waals surface area contributed by atoms with Gasteiger partial charge < -0.3 is 20.1 Å². The second kappa shape index (κ2) is 11.3. The molecule has 198 valence electrons. The van der Waals surface area contributed by atoms with Crippen LogP contribution in [0.5, 0.6) is 11.5 Å². The number of Topliss-reactive ketones (excluding diaryl/α,β-unsaturated/α-hetero) is 2. The highest BCUT2D eigenvalue weighted by molar-refractivity contribution is 14.1. The SMILES string of the molecule is CCOc1cc(C2C3=C(CCCC3=O)NC3=C2C(=O)CCC3)cc(I)c1OCC(=O)Nc1ccccc1C. The van der Waals surface area contributed by atoms with E-state index < -0.39 is 5.92 Å². The summed E-state index contributed by atoms with van der Waals surface area (Å²) >= 11 is 2.17. The molecule has 2 aromatic carbocycles. The van der Waals surface area contributed by atoms with Gasteiger partial charge in [-0.25, -0.2) is 0 Å². The lowest BCUT2D eigenvalue weighted by Crippen LogP contribution is -2.36. The van der Waals surface area contributed by atoms with Crippen LogP contribution in [0.25, 0.3) is 0 Å². The van der Waals surface area contributed by atoms with Crippen molar-refractivity contribution in [3.63, 3.8) is 0 Å². The fourth-order valence-corrected chi connectivity index (χ4v) is 6.29. The minimum atomic E-state index is -0.423. The Kier molecular flexibility index (Phi) is 7.88. The Labute approximate surface area is 236 Å². The van der Waals surface area contributed by atoms with E-state index in [4.69, 9.17) is 9.47 Å². The summed E-state index contributed by atoms with van der Waals surface area (Å²) in [7, 11) is 0. The van der Waals surface area contributed by atoms with Crippen LogP contribution in [-0.4, -0.2) is 30.7 Å². The van der Waals surface area contributed by atoms with E-state index in [1.807, 2.05) is 50.2 Å². The number of amides is 1. The molecule has 2 aromatic rings. The van der Waals surface area contributed by atoms with E-state index in [1.54, 1.807) is 0 Å². The first-order chi connectivity index (χ1) is 18.4. The monoisotopic (exact) mass is 626 g/mol. The summed E-state index contributed by atoms with van der Waals surface area (Å²) in [5.41, 5.74) is 5.84. The van der Waals surface area contributed by atoms with Gasteiger partial charge in [-0.2, -0.15) is 0 Å². The first kappa shape index (κ1) is 26.5. The molecule has 0 saturated heterocycles. The van der Waals surface area contributed by atoms with Crippen molar-refractivity contribution in [2.24, 2.45) is 0 Å². The standard InChI is InChI=1S/C30H31IN2O5/c1-3-37-25-15-18(14-19(31)30(25)38-16-26(36)33-20-9-5-4-8-17(20)2)27-28-21(10-6-12-23(28)34)32-22-11-7-13-24(35)29(22)27/h4-5,8-9,14-15,27,32H,3,6-7,10-13,16H2,1-2H3,(H,33,36). The number of nitrogens with one attached hydrogen (secondary N) is 2. The molecule has 38 heavy (non-hydrogen) atoms. The lowest BCUT2D eigenvalue weighted by Gasteiger charge is -2.37. The van der Waals surface area contributed by atoms with Crippen LogP contribution >= 0.6 is 22.6 Å². The van der Waals surface area contributed by atoms with Crippen molar-refractivity contribution in [2.75, 3.05) is 18.5 Å². The number of carbonyl (C=O) groups excluding carboxylic acids is 3. The maximum absolute atomic E-state index is 13.2. The van der Waals surface area contributed by atoms with Gasteiger partial charge in [-0.15, -0.1) is 0 Å². The quantitative estimate of drug-likeness (QED) is 0.383. The van der Waals surface area contributed by atoms with Crippen molar-refractivity contribution in [3.05, 3.63) is 73.6 Å². The van der Waals surface area contributed by atoms with Crippen LogP contribution in [0.15, 0.2) is 58.9 Å². The highest BCUT2D eigenvalue weighted by Crippen LogP contribution is 2.47. The number of allylic oxidation sites excluding steroid dienone is 4. The average Bonchev–Trinajstić information content (AvgIpc) is 2.89. The molecular weight excluding hydrogens is 595 g/mol. The second-order valence-electron chi connectivity index (χ2n) is 9.81. The molecule has 0 spiro atoms. The number of carbonyl (C=O) groups is 3. The third kappa shape index (κ3) is 5.23. The zero-order valence-corrected chi connectivity index (χ0v) is 23.8. The Morgan fingerprint density at radius 2 is 1.66 bits per heavy atom. The predicted molar refractivity (Wildman–Crippen MR) is 153 cm³/mol. The topological polar surface area (TPSA) is 93.7 Å². The number of ether oxygens (including phenoxy) is 2. The summed E-state index contributed by atoms with van der Waals surface area (Å²) < 4.78 is 12.7. The number of rotatable bonds is 7. The van der Waals surface area contributed by atoms with E-state index in [0.717, 1.165) is 57.5 Å². The molecule has 1 aliphatic heterocycles. The number of anilines is 1. The predicted octanol–water partition coefficient (Wildman–Crippen LogP) is 5.72. The first-order valence-electron chi connectivity index (χ1n) is 13.1. The Morgan fingerprint density at radius 3 is 2.29 bits per heavy atom. The zero-order chi connectivity index (χ0) is 26.8. The fourth-order valence-electron chi connectivity index (χ4n) is 5.51. The molecule has 3 aliphatic rings. The van der Waals surface area contributed by atoms with E-state index in [1.165, 1.54) is 0 Å². The third-order valence-electron chi connectivity index (χ3n) is 7.22. The molecule has 2 N–H and O–H groups in total. The summed E-state index contributed by atoms with van der Waals surface area (Å²) in [5.74, 6) is 0.453.